The van der Waals surface area contributed by atoms with E-state index in [1.807, 2.05) is 31.3 Å². The van der Waals surface area contributed by atoms with Gasteiger partial charge in [0, 0.05) is 18.4 Å². The fraction of sp³-hybridized carbons (Fsp3) is 0.350. The van der Waals surface area contributed by atoms with Crippen molar-refractivity contribution in [3.05, 3.63) is 60.2 Å². The minimum absolute atomic E-state index is 0.242. The second-order valence-electron chi connectivity index (χ2n) is 6.72. The normalized spacial score (nSPS) is 26.8. The minimum Gasteiger partial charge on any atom is -0.377 e. The quantitative estimate of drug-likeness (QED) is 0.894. The van der Waals surface area contributed by atoms with Gasteiger partial charge in [-0.3, -0.25) is 0 Å². The van der Waals surface area contributed by atoms with Crippen molar-refractivity contribution in [1.29, 1.82) is 5.26 Å². The van der Waals surface area contributed by atoms with Gasteiger partial charge in [-0.2, -0.15) is 5.26 Å². The Hall–Kier alpha value is -2.47. The van der Waals surface area contributed by atoms with Gasteiger partial charge in [0.15, 0.2) is 0 Å². The summed E-state index contributed by atoms with van der Waals surface area (Å²) >= 11 is 0. The van der Waals surface area contributed by atoms with Crippen LogP contribution < -0.4 is 10.2 Å². The van der Waals surface area contributed by atoms with Gasteiger partial charge in [-0.1, -0.05) is 43.3 Å². The molecule has 0 spiro atoms. The van der Waals surface area contributed by atoms with Gasteiger partial charge < -0.3 is 10.2 Å². The number of para-hydroxylation sites is 2. The molecule has 0 bridgehead atoms. The summed E-state index contributed by atoms with van der Waals surface area (Å²) in [7, 11) is 2.02. The zero-order valence-corrected chi connectivity index (χ0v) is 14.0. The zero-order valence-electron chi connectivity index (χ0n) is 14.0. The number of hydrogen-bond acceptors (Lipinski definition) is 3. The van der Waals surface area contributed by atoms with Crippen LogP contribution in [0.1, 0.15) is 31.7 Å². The maximum absolute atomic E-state index is 9.88. The Kier molecular flexibility index (Phi) is 4.00. The molecule has 0 saturated heterocycles. The largest absolute Gasteiger partial charge is 0.377 e. The Balaban J connectivity index is 2.03. The van der Waals surface area contributed by atoms with E-state index in [-0.39, 0.29) is 11.6 Å². The van der Waals surface area contributed by atoms with E-state index in [9.17, 15) is 5.26 Å². The molecule has 0 aromatic heterocycles. The average Bonchev–Trinajstić information content (AvgIpc) is 2.62. The smallest absolute Gasteiger partial charge is 0.139 e. The fourth-order valence-electron chi connectivity index (χ4n) is 3.85. The number of nitriles is 1. The van der Waals surface area contributed by atoms with Gasteiger partial charge in [0.25, 0.3) is 0 Å². The summed E-state index contributed by atoms with van der Waals surface area (Å²) in [6.07, 6.45) is 0.904. The first kappa shape index (κ1) is 15.4. The van der Waals surface area contributed by atoms with Gasteiger partial charge in [-0.05, 0) is 43.0 Å². The molecule has 3 rings (SSSR count). The van der Waals surface area contributed by atoms with Crippen molar-refractivity contribution in [1.82, 2.24) is 0 Å². The van der Waals surface area contributed by atoms with E-state index in [0.717, 1.165) is 17.8 Å². The standard InChI is InChI=1S/C20H23N3/c1-15-13-20(2,22-16-9-5-4-6-10-16)19(14-21)23(3)18-12-8-7-11-17(15)18/h4-12,15,19,22H,13H2,1-3H3/t15-,19+,20+/m1/s1. The van der Waals surface area contributed by atoms with Gasteiger partial charge >= 0.3 is 0 Å². The second-order valence-corrected chi connectivity index (χ2v) is 6.72. The van der Waals surface area contributed by atoms with E-state index < -0.39 is 0 Å². The predicted octanol–water partition coefficient (Wildman–Crippen LogP) is 4.39. The molecule has 0 amide bonds. The third-order valence-corrected chi connectivity index (χ3v) is 4.89. The van der Waals surface area contributed by atoms with Crippen LogP contribution in [0, 0.1) is 11.3 Å². The molecule has 1 N–H and O–H groups in total. The molecule has 3 heteroatoms. The molecular formula is C20H23N3. The Bertz CT molecular complexity index is 719. The fourth-order valence-corrected chi connectivity index (χ4v) is 3.85. The lowest BCUT2D eigenvalue weighted by Crippen LogP contribution is -2.53. The summed E-state index contributed by atoms with van der Waals surface area (Å²) in [5.41, 5.74) is 3.20. The highest BCUT2D eigenvalue weighted by molar-refractivity contribution is 5.60. The average molecular weight is 305 g/mol. The topological polar surface area (TPSA) is 39.1 Å². The van der Waals surface area contributed by atoms with Crippen LogP contribution >= 0.6 is 0 Å². The van der Waals surface area contributed by atoms with Crippen LogP contribution in [0.25, 0.3) is 0 Å². The molecule has 1 aliphatic heterocycles. The number of anilines is 2. The predicted molar refractivity (Wildman–Crippen MR) is 95.7 cm³/mol. The van der Waals surface area contributed by atoms with Gasteiger partial charge in [-0.25, -0.2) is 0 Å². The van der Waals surface area contributed by atoms with Crippen LogP contribution in [-0.2, 0) is 0 Å². The molecule has 3 nitrogen and oxygen atoms in total. The first-order valence-electron chi connectivity index (χ1n) is 8.10. The Morgan fingerprint density at radius 3 is 2.48 bits per heavy atom. The van der Waals surface area contributed by atoms with Gasteiger partial charge in [0.1, 0.15) is 6.04 Å². The van der Waals surface area contributed by atoms with Crippen molar-refractivity contribution >= 4 is 11.4 Å². The summed E-state index contributed by atoms with van der Waals surface area (Å²) in [6, 6.07) is 20.9. The highest BCUT2D eigenvalue weighted by atomic mass is 15.2. The van der Waals surface area contributed by atoms with Crippen molar-refractivity contribution in [2.75, 3.05) is 17.3 Å². The molecule has 3 atom stereocenters. The van der Waals surface area contributed by atoms with Crippen LogP contribution in [0.5, 0.6) is 0 Å². The zero-order chi connectivity index (χ0) is 16.4. The van der Waals surface area contributed by atoms with Crippen molar-refractivity contribution in [3.63, 3.8) is 0 Å². The van der Waals surface area contributed by atoms with Crippen LogP contribution in [0.3, 0.4) is 0 Å². The molecule has 0 unspecified atom stereocenters. The van der Waals surface area contributed by atoms with Crippen molar-refractivity contribution < 1.29 is 0 Å². The molecule has 23 heavy (non-hydrogen) atoms. The summed E-state index contributed by atoms with van der Waals surface area (Å²) in [5, 5.41) is 13.5. The molecule has 1 aliphatic rings. The molecule has 2 aromatic carbocycles. The van der Waals surface area contributed by atoms with Gasteiger partial charge in [0.2, 0.25) is 0 Å². The lowest BCUT2D eigenvalue weighted by molar-refractivity contribution is 0.407. The van der Waals surface area contributed by atoms with E-state index in [0.29, 0.717) is 5.92 Å². The maximum Gasteiger partial charge on any atom is 0.139 e. The maximum atomic E-state index is 9.88. The third-order valence-electron chi connectivity index (χ3n) is 4.89. The number of hydrogen-bond donors (Lipinski definition) is 1. The SMILES string of the molecule is C[C@@H]1C[C@](C)(Nc2ccccc2)[C@H](C#N)N(C)c2ccccc21. The van der Waals surface area contributed by atoms with E-state index in [1.165, 1.54) is 5.56 Å². The first-order valence-corrected chi connectivity index (χ1v) is 8.10. The van der Waals surface area contributed by atoms with E-state index in [2.05, 4.69) is 60.5 Å². The first-order chi connectivity index (χ1) is 11.0. The highest BCUT2D eigenvalue weighted by Crippen LogP contribution is 2.41. The van der Waals surface area contributed by atoms with Crippen LogP contribution in [0.15, 0.2) is 54.6 Å². The van der Waals surface area contributed by atoms with Gasteiger partial charge in [0.05, 0.1) is 11.6 Å². The monoisotopic (exact) mass is 305 g/mol. The number of nitrogens with one attached hydrogen (secondary N) is 1. The number of benzene rings is 2. The Labute approximate surface area is 138 Å². The Morgan fingerprint density at radius 2 is 1.78 bits per heavy atom. The molecule has 118 valence electrons. The Morgan fingerprint density at radius 1 is 1.13 bits per heavy atom. The van der Waals surface area contributed by atoms with Crippen molar-refractivity contribution in [2.45, 2.75) is 37.8 Å². The van der Waals surface area contributed by atoms with E-state index in [1.54, 1.807) is 0 Å². The van der Waals surface area contributed by atoms with Crippen molar-refractivity contribution in [3.8, 4) is 6.07 Å². The van der Waals surface area contributed by atoms with Crippen LogP contribution in [-0.4, -0.2) is 18.6 Å². The lowest BCUT2D eigenvalue weighted by atomic mass is 9.82. The number of fused-ring (bicyclic) bond motifs is 1. The molecule has 1 heterocycles. The number of likely N-dealkylation sites (N-methyl/N-ethyl adjacent to an activating group) is 1. The molecule has 0 saturated carbocycles. The minimum atomic E-state index is -0.330. The summed E-state index contributed by atoms with van der Waals surface area (Å²) < 4.78 is 0. The molecular weight excluding hydrogens is 282 g/mol. The highest BCUT2D eigenvalue weighted by Gasteiger charge is 2.42. The molecule has 0 radical (unpaired) electrons. The molecule has 0 fully saturated rings. The van der Waals surface area contributed by atoms with Crippen molar-refractivity contribution in [2.24, 2.45) is 0 Å². The molecule has 0 aliphatic carbocycles. The van der Waals surface area contributed by atoms with Crippen LogP contribution in [0.2, 0.25) is 0 Å². The summed E-state index contributed by atoms with van der Waals surface area (Å²) in [6.45, 7) is 4.41. The number of rotatable bonds is 2. The van der Waals surface area contributed by atoms with Gasteiger partial charge in [-0.15, -0.1) is 0 Å². The molecule has 2 aromatic rings. The third kappa shape index (κ3) is 2.77. The number of nitrogens with zero attached hydrogens (tertiary/aromatic N) is 2. The second kappa shape index (κ2) is 5.96. The summed E-state index contributed by atoms with van der Waals surface area (Å²) in [5.74, 6) is 0.383. The van der Waals surface area contributed by atoms with E-state index in [4.69, 9.17) is 0 Å². The summed E-state index contributed by atoms with van der Waals surface area (Å²) in [4.78, 5) is 2.12. The van der Waals surface area contributed by atoms with E-state index >= 15 is 0 Å². The van der Waals surface area contributed by atoms with Crippen LogP contribution in [0.4, 0.5) is 11.4 Å². The lowest BCUT2D eigenvalue weighted by Gasteiger charge is -2.39.